The first-order valence-electron chi connectivity index (χ1n) is 7.48. The summed E-state index contributed by atoms with van der Waals surface area (Å²) in [5.41, 5.74) is 0.255. The lowest BCUT2D eigenvalue weighted by Crippen LogP contribution is -2.29. The lowest BCUT2D eigenvalue weighted by Gasteiger charge is -2.11. The van der Waals surface area contributed by atoms with Crippen molar-refractivity contribution >= 4 is 33.3 Å². The Labute approximate surface area is 154 Å². The van der Waals surface area contributed by atoms with E-state index >= 15 is 0 Å². The van der Waals surface area contributed by atoms with Crippen LogP contribution in [0.5, 0.6) is 0 Å². The number of amides is 1. The van der Waals surface area contributed by atoms with E-state index in [9.17, 15) is 28.1 Å². The van der Waals surface area contributed by atoms with E-state index in [1.165, 1.54) is 43.3 Å². The molecule has 3 N–H and O–H groups in total. The predicted molar refractivity (Wildman–Crippen MR) is 95.1 cm³/mol. The second-order valence-electron chi connectivity index (χ2n) is 5.47. The number of anilines is 1. The second-order valence-corrected chi connectivity index (χ2v) is 7.12. The van der Waals surface area contributed by atoms with E-state index in [-0.39, 0.29) is 21.8 Å². The van der Waals surface area contributed by atoms with Crippen molar-refractivity contribution in [2.45, 2.75) is 11.8 Å². The van der Waals surface area contributed by atoms with Crippen molar-refractivity contribution in [3.63, 3.8) is 0 Å². The molecule has 10 nitrogen and oxygen atoms in total. The fourth-order valence-corrected chi connectivity index (χ4v) is 3.47. The highest BCUT2D eigenvalue weighted by Crippen LogP contribution is 2.24. The number of non-ortho nitro benzene ring substituents is 1. The number of aryl methyl sites for hydroxylation is 1. The summed E-state index contributed by atoms with van der Waals surface area (Å²) in [5.74, 6) is -1.82. The van der Waals surface area contributed by atoms with Crippen LogP contribution in [0.3, 0.4) is 0 Å². The lowest BCUT2D eigenvalue weighted by molar-refractivity contribution is -0.385. The first-order valence-corrected chi connectivity index (χ1v) is 8.96. The monoisotopic (exact) mass is 393 g/mol. The zero-order chi connectivity index (χ0) is 20.2. The van der Waals surface area contributed by atoms with E-state index in [0.717, 1.165) is 6.07 Å². The minimum atomic E-state index is -4.09. The Morgan fingerprint density at radius 3 is 2.33 bits per heavy atom. The maximum absolute atomic E-state index is 12.5. The van der Waals surface area contributed by atoms with E-state index < -0.39 is 33.4 Å². The minimum Gasteiger partial charge on any atom is -0.480 e. The van der Waals surface area contributed by atoms with Gasteiger partial charge in [0, 0.05) is 23.4 Å². The molecule has 11 heteroatoms. The van der Waals surface area contributed by atoms with Gasteiger partial charge in [-0.2, -0.15) is 0 Å². The third-order valence-electron chi connectivity index (χ3n) is 3.47. The fraction of sp³-hybridized carbons (Fsp3) is 0.125. The van der Waals surface area contributed by atoms with Crippen LogP contribution in [0.4, 0.5) is 11.4 Å². The van der Waals surface area contributed by atoms with Crippen LogP contribution in [-0.4, -0.2) is 36.9 Å². The van der Waals surface area contributed by atoms with Crippen LogP contribution in [-0.2, 0) is 14.8 Å². The van der Waals surface area contributed by atoms with Crippen LogP contribution in [0.15, 0.2) is 47.4 Å². The van der Waals surface area contributed by atoms with Crippen molar-refractivity contribution in [3.05, 3.63) is 63.7 Å². The Morgan fingerprint density at radius 1 is 1.15 bits per heavy atom. The third-order valence-corrected chi connectivity index (χ3v) is 4.99. The SMILES string of the molecule is Cc1ccc([N+](=O)[O-])cc1S(=O)(=O)Nc1ccc(C(=O)NCC(=O)O)cc1. The Hall–Kier alpha value is -3.47. The van der Waals surface area contributed by atoms with Gasteiger partial charge in [-0.1, -0.05) is 6.07 Å². The highest BCUT2D eigenvalue weighted by atomic mass is 32.2. The zero-order valence-electron chi connectivity index (χ0n) is 14.0. The molecule has 0 aliphatic carbocycles. The van der Waals surface area contributed by atoms with Crippen molar-refractivity contribution in [1.29, 1.82) is 0 Å². The molecule has 142 valence electrons. The van der Waals surface area contributed by atoms with Gasteiger partial charge in [0.05, 0.1) is 9.82 Å². The van der Waals surface area contributed by atoms with Crippen molar-refractivity contribution in [3.8, 4) is 0 Å². The van der Waals surface area contributed by atoms with Gasteiger partial charge in [-0.3, -0.25) is 24.4 Å². The van der Waals surface area contributed by atoms with Gasteiger partial charge in [0.15, 0.2) is 0 Å². The summed E-state index contributed by atoms with van der Waals surface area (Å²) in [6.45, 7) is 0.966. The number of carbonyl (C=O) groups excluding carboxylic acids is 1. The number of nitrogens with one attached hydrogen (secondary N) is 2. The van der Waals surface area contributed by atoms with Gasteiger partial charge in [0.1, 0.15) is 6.54 Å². The third kappa shape index (κ3) is 5.01. The normalized spacial score (nSPS) is 10.9. The maximum atomic E-state index is 12.5. The van der Waals surface area contributed by atoms with Crippen molar-refractivity contribution in [2.75, 3.05) is 11.3 Å². The molecule has 2 aromatic rings. The molecule has 0 radical (unpaired) electrons. The van der Waals surface area contributed by atoms with Crippen molar-refractivity contribution < 1.29 is 28.0 Å². The zero-order valence-corrected chi connectivity index (χ0v) is 14.8. The summed E-state index contributed by atoms with van der Waals surface area (Å²) < 4.78 is 27.3. The highest BCUT2D eigenvalue weighted by molar-refractivity contribution is 7.92. The molecule has 0 atom stereocenters. The maximum Gasteiger partial charge on any atom is 0.322 e. The van der Waals surface area contributed by atoms with Crippen LogP contribution in [0.1, 0.15) is 15.9 Å². The van der Waals surface area contributed by atoms with Gasteiger partial charge >= 0.3 is 5.97 Å². The smallest absolute Gasteiger partial charge is 0.322 e. The number of sulfonamides is 1. The molecule has 2 rings (SSSR count). The Kier molecular flexibility index (Phi) is 5.75. The number of nitro benzene ring substituents is 1. The molecular weight excluding hydrogens is 378 g/mol. The van der Waals surface area contributed by atoms with Gasteiger partial charge in [-0.15, -0.1) is 0 Å². The van der Waals surface area contributed by atoms with Gasteiger partial charge < -0.3 is 10.4 Å². The standard InChI is InChI=1S/C16H15N3O7S/c1-10-2-7-13(19(23)24)8-14(10)27(25,26)18-12-5-3-11(4-6-12)16(22)17-9-15(20)21/h2-8,18H,9H2,1H3,(H,17,22)(H,20,21). The molecular formula is C16H15N3O7S. The quantitative estimate of drug-likeness (QED) is 0.475. The van der Waals surface area contributed by atoms with Gasteiger partial charge in [0.25, 0.3) is 21.6 Å². The minimum absolute atomic E-state index is 0.135. The summed E-state index contributed by atoms with van der Waals surface area (Å²) in [5, 5.41) is 21.6. The average molecular weight is 393 g/mol. The Bertz CT molecular complexity index is 1000. The molecule has 0 spiro atoms. The summed E-state index contributed by atoms with van der Waals surface area (Å²) in [7, 11) is -4.09. The summed E-state index contributed by atoms with van der Waals surface area (Å²) in [6, 6.07) is 8.78. The number of benzene rings is 2. The number of hydrogen-bond donors (Lipinski definition) is 3. The summed E-state index contributed by atoms with van der Waals surface area (Å²) in [4.78, 5) is 32.1. The number of hydrogen-bond acceptors (Lipinski definition) is 6. The second kappa shape index (κ2) is 7.83. The first kappa shape index (κ1) is 19.8. The average Bonchev–Trinajstić information content (AvgIpc) is 2.60. The van der Waals surface area contributed by atoms with Crippen molar-refractivity contribution in [1.82, 2.24) is 5.32 Å². The molecule has 27 heavy (non-hydrogen) atoms. The van der Waals surface area contributed by atoms with Crippen LogP contribution in [0, 0.1) is 17.0 Å². The van der Waals surface area contributed by atoms with Crippen LogP contribution >= 0.6 is 0 Å². The molecule has 0 bridgehead atoms. The van der Waals surface area contributed by atoms with Crippen molar-refractivity contribution in [2.24, 2.45) is 0 Å². The molecule has 0 fully saturated rings. The molecule has 0 heterocycles. The van der Waals surface area contributed by atoms with E-state index in [4.69, 9.17) is 5.11 Å². The van der Waals surface area contributed by atoms with E-state index in [1.807, 2.05) is 0 Å². The topological polar surface area (TPSA) is 156 Å². The number of rotatable bonds is 7. The van der Waals surface area contributed by atoms with Gasteiger partial charge in [-0.05, 0) is 36.8 Å². The number of carbonyl (C=O) groups is 2. The number of carboxylic acids is 1. The van der Waals surface area contributed by atoms with E-state index in [1.54, 1.807) is 0 Å². The van der Waals surface area contributed by atoms with Crippen LogP contribution < -0.4 is 10.0 Å². The van der Waals surface area contributed by atoms with Gasteiger partial charge in [-0.25, -0.2) is 8.42 Å². The fourth-order valence-electron chi connectivity index (χ4n) is 2.15. The molecule has 0 saturated heterocycles. The molecule has 0 saturated carbocycles. The number of nitrogens with zero attached hydrogens (tertiary/aromatic N) is 1. The molecule has 0 aliphatic heterocycles. The molecule has 0 aromatic heterocycles. The largest absolute Gasteiger partial charge is 0.480 e. The summed E-state index contributed by atoms with van der Waals surface area (Å²) in [6.07, 6.45) is 0. The molecule has 0 unspecified atom stereocenters. The first-order chi connectivity index (χ1) is 12.6. The van der Waals surface area contributed by atoms with E-state index in [2.05, 4.69) is 10.0 Å². The van der Waals surface area contributed by atoms with E-state index in [0.29, 0.717) is 5.56 Å². The molecule has 2 aromatic carbocycles. The van der Waals surface area contributed by atoms with Crippen LogP contribution in [0.25, 0.3) is 0 Å². The Balaban J connectivity index is 2.21. The highest BCUT2D eigenvalue weighted by Gasteiger charge is 2.21. The predicted octanol–water partition coefficient (Wildman–Crippen LogP) is 1.52. The Morgan fingerprint density at radius 2 is 1.78 bits per heavy atom. The lowest BCUT2D eigenvalue weighted by atomic mass is 10.2. The number of nitro groups is 1. The molecule has 0 aliphatic rings. The van der Waals surface area contributed by atoms with Crippen LogP contribution in [0.2, 0.25) is 0 Å². The number of carboxylic acid groups (broad SMARTS) is 1. The van der Waals surface area contributed by atoms with Gasteiger partial charge in [0.2, 0.25) is 0 Å². The number of aliphatic carboxylic acids is 1. The molecule has 1 amide bonds. The summed E-state index contributed by atoms with van der Waals surface area (Å²) >= 11 is 0.